The fourth-order valence-corrected chi connectivity index (χ4v) is 4.74. The maximum atomic E-state index is 14.5. The molecule has 0 spiro atoms. The summed E-state index contributed by atoms with van der Waals surface area (Å²) < 4.78 is 94.1. The molecule has 48 heavy (non-hydrogen) atoms. The molecule has 3 atom stereocenters. The summed E-state index contributed by atoms with van der Waals surface area (Å²) in [5, 5.41) is 5.10. The van der Waals surface area contributed by atoms with Crippen LogP contribution in [0.5, 0.6) is 11.5 Å². The number of alkyl halides is 6. The lowest BCUT2D eigenvalue weighted by Gasteiger charge is -2.25. The van der Waals surface area contributed by atoms with E-state index in [0.717, 1.165) is 24.4 Å². The van der Waals surface area contributed by atoms with Crippen LogP contribution >= 0.6 is 0 Å². The molecule has 0 saturated heterocycles. The molecule has 0 aliphatic carbocycles. The van der Waals surface area contributed by atoms with E-state index in [1.807, 2.05) is 0 Å². The molecule has 14 heteroatoms. The van der Waals surface area contributed by atoms with Crippen molar-refractivity contribution in [2.24, 2.45) is 4.99 Å². The van der Waals surface area contributed by atoms with Crippen LogP contribution in [-0.2, 0) is 23.8 Å². The highest BCUT2D eigenvalue weighted by atomic mass is 19.4. The lowest BCUT2D eigenvalue weighted by atomic mass is 9.97. The Hall–Kier alpha value is -5.36. The van der Waals surface area contributed by atoms with Gasteiger partial charge in [-0.3, -0.25) is 4.98 Å². The monoisotopic (exact) mass is 672 g/mol. The Morgan fingerprint density at radius 1 is 0.833 bits per heavy atom. The van der Waals surface area contributed by atoms with E-state index < -0.39 is 53.3 Å². The van der Waals surface area contributed by atoms with E-state index in [2.05, 4.69) is 20.6 Å². The van der Waals surface area contributed by atoms with E-state index in [0.29, 0.717) is 34.8 Å². The first-order valence-electron chi connectivity index (χ1n) is 14.4. The van der Waals surface area contributed by atoms with Crippen LogP contribution in [0.2, 0.25) is 0 Å². The largest absolute Gasteiger partial charge is 0.497 e. The first-order valence-corrected chi connectivity index (χ1v) is 14.4. The number of amides is 2. The molecule has 0 bridgehead atoms. The van der Waals surface area contributed by atoms with Crippen LogP contribution in [-0.4, -0.2) is 24.2 Å². The number of hydrogen-bond donors (Lipinski definition) is 2. The molecule has 0 saturated carbocycles. The van der Waals surface area contributed by atoms with Crippen molar-refractivity contribution in [2.45, 2.75) is 50.9 Å². The summed E-state index contributed by atoms with van der Waals surface area (Å²) in [4.78, 5) is 31.3. The summed E-state index contributed by atoms with van der Waals surface area (Å²) in [5.74, 6) is 0.900. The number of rotatable bonds is 11. The Morgan fingerprint density at radius 3 is 1.98 bits per heavy atom. The number of benzene rings is 3. The maximum Gasteiger partial charge on any atom is 0.418 e. The van der Waals surface area contributed by atoms with Gasteiger partial charge in [0, 0.05) is 11.8 Å². The summed E-state index contributed by atoms with van der Waals surface area (Å²) >= 11 is 0. The number of halogens is 6. The highest BCUT2D eigenvalue weighted by Crippen LogP contribution is 2.37. The van der Waals surface area contributed by atoms with Gasteiger partial charge >= 0.3 is 18.4 Å². The van der Waals surface area contributed by atoms with Crippen molar-refractivity contribution in [2.75, 3.05) is 7.11 Å². The van der Waals surface area contributed by atoms with Gasteiger partial charge in [-0.1, -0.05) is 36.4 Å². The minimum Gasteiger partial charge on any atom is -0.497 e. The molecule has 0 aliphatic heterocycles. The SMILES string of the molecule is COc1ccc([C@@H](C)NC(=O)N[C@@H](c2ccc(C(F)(F)F)cc2)c2ncc(COc3ccc(C(C)N=C=O)cc3)cc2C(F)(F)F)cc1. The molecule has 4 rings (SSSR count). The summed E-state index contributed by atoms with van der Waals surface area (Å²) in [6, 6.07) is 13.8. The second-order valence-electron chi connectivity index (χ2n) is 10.7. The normalized spacial score (nSPS) is 13.4. The standard InChI is InChI=1S/C34H30F6N4O4/c1-20(42-19-45)23-8-14-28(15-9-23)48-18-22-16-29(34(38,39)40)31(41-17-22)30(25-4-10-26(11-5-25)33(35,36)37)44-32(46)43-21(2)24-6-12-27(47-3)13-7-24/h4-17,20-21,30H,18H2,1-3H3,(H2,43,44,46)/t20?,21-,30+/m1/s1. The number of urea groups is 1. The van der Waals surface area contributed by atoms with Gasteiger partial charge < -0.3 is 20.1 Å². The number of carbonyl (C=O) groups excluding carboxylic acids is 2. The number of pyridine rings is 1. The molecule has 252 valence electrons. The molecule has 1 aromatic heterocycles. The number of aliphatic imine (C=N–C) groups is 1. The topological polar surface area (TPSA) is 102 Å². The predicted octanol–water partition coefficient (Wildman–Crippen LogP) is 8.25. The molecule has 0 fully saturated rings. The molecular formula is C34H30F6N4O4. The maximum absolute atomic E-state index is 14.5. The van der Waals surface area contributed by atoms with Gasteiger partial charge in [0.05, 0.1) is 42.1 Å². The van der Waals surface area contributed by atoms with Gasteiger partial charge in [0.2, 0.25) is 6.08 Å². The van der Waals surface area contributed by atoms with Gasteiger partial charge in [0.1, 0.15) is 18.1 Å². The fourth-order valence-electron chi connectivity index (χ4n) is 4.74. The van der Waals surface area contributed by atoms with Crippen molar-refractivity contribution in [1.29, 1.82) is 0 Å². The summed E-state index contributed by atoms with van der Waals surface area (Å²) in [5.41, 5.74) is -1.53. The van der Waals surface area contributed by atoms with Crippen LogP contribution in [0.4, 0.5) is 31.1 Å². The first kappa shape index (κ1) is 35.5. The van der Waals surface area contributed by atoms with Gasteiger partial charge in [0.15, 0.2) is 0 Å². The number of aromatic nitrogens is 1. The molecule has 3 aromatic carbocycles. The molecule has 2 amide bonds. The number of hydrogen-bond acceptors (Lipinski definition) is 6. The number of carbonyl (C=O) groups is 1. The molecular weight excluding hydrogens is 642 g/mol. The Balaban J connectivity index is 1.63. The number of nitrogens with zero attached hydrogens (tertiary/aromatic N) is 2. The second-order valence-corrected chi connectivity index (χ2v) is 10.7. The summed E-state index contributed by atoms with van der Waals surface area (Å²) in [7, 11) is 1.49. The molecule has 1 unspecified atom stereocenters. The Kier molecular flexibility index (Phi) is 11.1. The average Bonchev–Trinajstić information content (AvgIpc) is 3.06. The van der Waals surface area contributed by atoms with Crippen LogP contribution in [0.1, 0.15) is 71.0 Å². The summed E-state index contributed by atoms with van der Waals surface area (Å²) in [6.45, 7) is 3.02. The van der Waals surface area contributed by atoms with E-state index >= 15 is 0 Å². The minimum atomic E-state index is -4.96. The van der Waals surface area contributed by atoms with Gasteiger partial charge in [-0.05, 0) is 73.0 Å². The third-order valence-electron chi connectivity index (χ3n) is 7.38. The Bertz CT molecular complexity index is 1740. The lowest BCUT2D eigenvalue weighted by molar-refractivity contribution is -0.139. The zero-order chi connectivity index (χ0) is 35.1. The van der Waals surface area contributed by atoms with Crippen molar-refractivity contribution in [3.8, 4) is 11.5 Å². The van der Waals surface area contributed by atoms with Crippen molar-refractivity contribution in [1.82, 2.24) is 15.6 Å². The van der Waals surface area contributed by atoms with Crippen LogP contribution in [0.15, 0.2) is 90.1 Å². The van der Waals surface area contributed by atoms with Gasteiger partial charge in [-0.15, -0.1) is 0 Å². The molecule has 8 nitrogen and oxygen atoms in total. The van der Waals surface area contributed by atoms with E-state index in [1.54, 1.807) is 62.4 Å². The Labute approximate surface area is 271 Å². The molecule has 0 aliphatic rings. The van der Waals surface area contributed by atoms with Crippen molar-refractivity contribution in [3.05, 3.63) is 124 Å². The first-order chi connectivity index (χ1) is 22.7. The number of methoxy groups -OCH3 is 1. The van der Waals surface area contributed by atoms with E-state index in [-0.39, 0.29) is 17.7 Å². The van der Waals surface area contributed by atoms with E-state index in [1.165, 1.54) is 13.2 Å². The number of nitrogens with one attached hydrogen (secondary N) is 2. The van der Waals surface area contributed by atoms with Crippen LogP contribution in [0.3, 0.4) is 0 Å². The predicted molar refractivity (Wildman–Crippen MR) is 163 cm³/mol. The zero-order valence-electron chi connectivity index (χ0n) is 25.8. The Morgan fingerprint density at radius 2 is 1.42 bits per heavy atom. The van der Waals surface area contributed by atoms with Crippen molar-refractivity contribution < 1.29 is 45.4 Å². The van der Waals surface area contributed by atoms with Crippen LogP contribution in [0, 0.1) is 0 Å². The van der Waals surface area contributed by atoms with Crippen LogP contribution in [0.25, 0.3) is 0 Å². The quantitative estimate of drug-likeness (QED) is 0.0950. The summed E-state index contributed by atoms with van der Waals surface area (Å²) in [6.07, 6.45) is -7.04. The van der Waals surface area contributed by atoms with E-state index in [9.17, 15) is 35.9 Å². The highest BCUT2D eigenvalue weighted by molar-refractivity contribution is 5.75. The van der Waals surface area contributed by atoms with Crippen LogP contribution < -0.4 is 20.1 Å². The van der Waals surface area contributed by atoms with Crippen molar-refractivity contribution in [3.63, 3.8) is 0 Å². The smallest absolute Gasteiger partial charge is 0.418 e. The van der Waals surface area contributed by atoms with Gasteiger partial charge in [-0.2, -0.15) is 31.3 Å². The highest BCUT2D eigenvalue weighted by Gasteiger charge is 2.38. The molecule has 2 N–H and O–H groups in total. The molecule has 0 radical (unpaired) electrons. The average molecular weight is 673 g/mol. The van der Waals surface area contributed by atoms with Crippen molar-refractivity contribution >= 4 is 12.1 Å². The van der Waals surface area contributed by atoms with Gasteiger partial charge in [-0.25, -0.2) is 9.59 Å². The minimum absolute atomic E-state index is 0.0397. The third kappa shape index (κ3) is 9.13. The fraction of sp³-hybridized carbons (Fsp3) is 0.265. The third-order valence-corrected chi connectivity index (χ3v) is 7.38. The second kappa shape index (κ2) is 15.0. The zero-order valence-corrected chi connectivity index (χ0v) is 25.8. The molecule has 1 heterocycles. The lowest BCUT2D eigenvalue weighted by Crippen LogP contribution is -2.40. The molecule has 4 aromatic rings. The number of isocyanates is 1. The number of ether oxygens (including phenoxy) is 2. The van der Waals surface area contributed by atoms with Gasteiger partial charge in [0.25, 0.3) is 0 Å². The van der Waals surface area contributed by atoms with E-state index in [4.69, 9.17) is 9.47 Å².